The number of oxime groups is 1. The Balaban J connectivity index is 2.49. The van der Waals surface area contributed by atoms with E-state index >= 15 is 0 Å². The maximum Gasteiger partial charge on any atom is 0.330 e. The van der Waals surface area contributed by atoms with Crippen molar-refractivity contribution >= 4 is 16.3 Å². The molecule has 0 radical (unpaired) electrons. The van der Waals surface area contributed by atoms with Crippen molar-refractivity contribution in [3.05, 3.63) is 29.8 Å². The lowest BCUT2D eigenvalue weighted by molar-refractivity contribution is 0.0778. The summed E-state index contributed by atoms with van der Waals surface area (Å²) >= 11 is 0. The zero-order chi connectivity index (χ0) is 17.8. The molecule has 7 nitrogen and oxygen atoms in total. The molecule has 1 aromatic carbocycles. The zero-order valence-corrected chi connectivity index (χ0v) is 14.5. The number of methoxy groups -OCH3 is 2. The molecule has 1 rings (SSSR count). The van der Waals surface area contributed by atoms with E-state index in [2.05, 4.69) is 9.44 Å². The van der Waals surface area contributed by atoms with Gasteiger partial charge in [0.05, 0.1) is 39.1 Å². The normalized spacial score (nSPS) is 13.1. The summed E-state index contributed by atoms with van der Waals surface area (Å²) < 4.78 is 55.6. The minimum absolute atomic E-state index is 0.0355. The molecule has 24 heavy (non-hydrogen) atoms. The minimum atomic E-state index is -3.87. The number of nitrogens with zero attached hydrogens (tertiary/aromatic N) is 1. The van der Waals surface area contributed by atoms with Crippen LogP contribution in [0, 0.1) is 0 Å². The van der Waals surface area contributed by atoms with Gasteiger partial charge in [0.1, 0.15) is 18.2 Å². The van der Waals surface area contributed by atoms with E-state index in [9.17, 15) is 12.8 Å². The first kappa shape index (κ1) is 20.3. The van der Waals surface area contributed by atoms with Crippen molar-refractivity contribution in [1.29, 1.82) is 0 Å². The van der Waals surface area contributed by atoms with Crippen LogP contribution in [0.15, 0.2) is 29.4 Å². The molecule has 0 aliphatic rings. The maximum atomic E-state index is 13.1. The lowest BCUT2D eigenvalue weighted by Crippen LogP contribution is -2.15. The third kappa shape index (κ3) is 7.71. The summed E-state index contributed by atoms with van der Waals surface area (Å²) in [4.78, 5) is 0. The number of hydrogen-bond acceptors (Lipinski definition) is 7. The van der Waals surface area contributed by atoms with Gasteiger partial charge in [0, 0.05) is 7.11 Å². The SMILES string of the molecule is COCCOCCS(=O)(=O)ON=CC(CF)c1ccc(OC)cc1. The molecule has 1 unspecified atom stereocenters. The topological polar surface area (TPSA) is 83.4 Å². The Bertz CT molecular complexity index is 590. The molecule has 1 atom stereocenters. The van der Waals surface area contributed by atoms with E-state index in [-0.39, 0.29) is 19.0 Å². The van der Waals surface area contributed by atoms with Gasteiger partial charge in [-0.05, 0) is 17.7 Å². The second-order valence-electron chi connectivity index (χ2n) is 4.73. The second-order valence-corrected chi connectivity index (χ2v) is 6.40. The van der Waals surface area contributed by atoms with Gasteiger partial charge in [-0.2, -0.15) is 8.42 Å². The lowest BCUT2D eigenvalue weighted by atomic mass is 10.0. The first-order valence-corrected chi connectivity index (χ1v) is 8.81. The Labute approximate surface area is 141 Å². The fourth-order valence-corrected chi connectivity index (χ4v) is 2.25. The van der Waals surface area contributed by atoms with Gasteiger partial charge in [-0.3, -0.25) is 8.67 Å². The Morgan fingerprint density at radius 2 is 1.88 bits per heavy atom. The Morgan fingerprint density at radius 1 is 1.17 bits per heavy atom. The van der Waals surface area contributed by atoms with Crippen molar-refractivity contribution in [2.75, 3.05) is 46.5 Å². The summed E-state index contributed by atoms with van der Waals surface area (Å²) in [6.45, 7) is -0.110. The molecule has 0 amide bonds. The highest BCUT2D eigenvalue weighted by Gasteiger charge is 2.13. The van der Waals surface area contributed by atoms with Crippen LogP contribution in [0.1, 0.15) is 11.5 Å². The summed E-state index contributed by atoms with van der Waals surface area (Å²) in [7, 11) is -0.827. The Hall–Kier alpha value is -1.71. The molecule has 9 heteroatoms. The fraction of sp³-hybridized carbons (Fsp3) is 0.533. The van der Waals surface area contributed by atoms with E-state index in [4.69, 9.17) is 14.2 Å². The van der Waals surface area contributed by atoms with Crippen LogP contribution in [0.5, 0.6) is 5.75 Å². The number of alkyl halides is 1. The number of hydrogen-bond donors (Lipinski definition) is 0. The van der Waals surface area contributed by atoms with E-state index < -0.39 is 22.7 Å². The lowest BCUT2D eigenvalue weighted by Gasteiger charge is -2.09. The van der Waals surface area contributed by atoms with E-state index in [0.717, 1.165) is 6.21 Å². The number of benzene rings is 1. The van der Waals surface area contributed by atoms with Gasteiger partial charge in [-0.1, -0.05) is 17.3 Å². The number of ether oxygens (including phenoxy) is 3. The van der Waals surface area contributed by atoms with Crippen molar-refractivity contribution in [1.82, 2.24) is 0 Å². The highest BCUT2D eigenvalue weighted by molar-refractivity contribution is 7.86. The Kier molecular flexibility index (Phi) is 9.28. The van der Waals surface area contributed by atoms with Gasteiger partial charge in [0.2, 0.25) is 0 Å². The quantitative estimate of drug-likeness (QED) is 0.320. The minimum Gasteiger partial charge on any atom is -0.497 e. The number of rotatable bonds is 12. The van der Waals surface area contributed by atoms with Crippen molar-refractivity contribution in [2.45, 2.75) is 5.92 Å². The van der Waals surface area contributed by atoms with E-state index in [0.29, 0.717) is 17.9 Å². The van der Waals surface area contributed by atoms with Crippen molar-refractivity contribution < 1.29 is 31.3 Å². The first-order valence-electron chi connectivity index (χ1n) is 7.23. The van der Waals surface area contributed by atoms with Crippen molar-refractivity contribution in [3.8, 4) is 5.75 Å². The molecule has 0 aromatic heterocycles. The van der Waals surface area contributed by atoms with Crippen molar-refractivity contribution in [3.63, 3.8) is 0 Å². The highest BCUT2D eigenvalue weighted by Crippen LogP contribution is 2.19. The third-order valence-corrected chi connectivity index (χ3v) is 4.00. The summed E-state index contributed by atoms with van der Waals surface area (Å²) in [6.07, 6.45) is 1.12. The summed E-state index contributed by atoms with van der Waals surface area (Å²) in [5, 5.41) is 3.38. The van der Waals surface area contributed by atoms with Crippen LogP contribution in [0.25, 0.3) is 0 Å². The smallest absolute Gasteiger partial charge is 0.330 e. The first-order chi connectivity index (χ1) is 11.5. The largest absolute Gasteiger partial charge is 0.497 e. The van der Waals surface area contributed by atoms with Gasteiger partial charge >= 0.3 is 10.1 Å². The molecule has 0 aliphatic carbocycles. The monoisotopic (exact) mass is 363 g/mol. The van der Waals surface area contributed by atoms with Gasteiger partial charge in [-0.25, -0.2) is 0 Å². The molecule has 0 bridgehead atoms. The molecule has 0 N–H and O–H groups in total. The van der Waals surface area contributed by atoms with Gasteiger partial charge < -0.3 is 14.2 Å². The van der Waals surface area contributed by atoms with Crippen LogP contribution in [-0.2, 0) is 23.9 Å². The van der Waals surface area contributed by atoms with E-state index in [1.165, 1.54) is 14.2 Å². The van der Waals surface area contributed by atoms with Gasteiger partial charge in [0.25, 0.3) is 0 Å². The van der Waals surface area contributed by atoms with Crippen LogP contribution in [-0.4, -0.2) is 61.1 Å². The van der Waals surface area contributed by atoms with Crippen LogP contribution in [0.2, 0.25) is 0 Å². The molecular weight excluding hydrogens is 341 g/mol. The fourth-order valence-electron chi connectivity index (χ4n) is 1.67. The second kappa shape index (κ2) is 11.0. The van der Waals surface area contributed by atoms with Crippen molar-refractivity contribution in [2.24, 2.45) is 5.16 Å². The maximum absolute atomic E-state index is 13.1. The van der Waals surface area contributed by atoms with E-state index in [1.54, 1.807) is 24.3 Å². The Morgan fingerprint density at radius 3 is 2.46 bits per heavy atom. The average Bonchev–Trinajstić information content (AvgIpc) is 2.58. The molecule has 136 valence electrons. The highest BCUT2D eigenvalue weighted by atomic mass is 32.2. The summed E-state index contributed by atoms with van der Waals surface area (Å²) in [5.74, 6) is -0.415. The number of halogens is 1. The van der Waals surface area contributed by atoms with Crippen LogP contribution in [0.3, 0.4) is 0 Å². The molecule has 1 aromatic rings. The molecule has 0 heterocycles. The van der Waals surface area contributed by atoms with Crippen LogP contribution >= 0.6 is 0 Å². The van der Waals surface area contributed by atoms with E-state index in [1.807, 2.05) is 0 Å². The van der Waals surface area contributed by atoms with Gasteiger partial charge in [0.15, 0.2) is 0 Å². The predicted octanol–water partition coefficient (Wildman–Crippen LogP) is 1.74. The zero-order valence-electron chi connectivity index (χ0n) is 13.7. The third-order valence-electron chi connectivity index (χ3n) is 3.02. The molecule has 0 saturated carbocycles. The molecule has 0 spiro atoms. The van der Waals surface area contributed by atoms with Gasteiger partial charge in [-0.15, -0.1) is 0 Å². The molecule has 0 saturated heterocycles. The summed E-state index contributed by atoms with van der Waals surface area (Å²) in [6, 6.07) is 6.71. The standard InChI is InChI=1S/C15H22FNO6S/c1-20-7-8-22-9-10-24(18,19)23-17-12-14(11-16)13-3-5-15(21-2)6-4-13/h3-6,12,14H,7-11H2,1-2H3. The predicted molar refractivity (Wildman–Crippen MR) is 87.8 cm³/mol. The molecule has 0 aliphatic heterocycles. The van der Waals surface area contributed by atoms with Crippen LogP contribution in [0.4, 0.5) is 4.39 Å². The average molecular weight is 363 g/mol. The van der Waals surface area contributed by atoms with Crippen LogP contribution < -0.4 is 4.74 Å². The summed E-state index contributed by atoms with van der Waals surface area (Å²) in [5.41, 5.74) is 0.631. The molecular formula is C15H22FNO6S. The molecule has 0 fully saturated rings.